The van der Waals surface area contributed by atoms with E-state index in [-0.39, 0.29) is 17.6 Å². The van der Waals surface area contributed by atoms with Crippen LogP contribution in [0.2, 0.25) is 0 Å². The SMILES string of the molecule is CCC1(C)C(O)CC1OC1CCCC(OC)C1. The van der Waals surface area contributed by atoms with Gasteiger partial charge in [0.05, 0.1) is 24.4 Å². The fraction of sp³-hybridized carbons (Fsp3) is 1.00. The van der Waals surface area contributed by atoms with Crippen LogP contribution < -0.4 is 0 Å². The number of ether oxygens (including phenoxy) is 2. The monoisotopic (exact) mass is 242 g/mol. The Kier molecular flexibility index (Phi) is 4.11. The Hall–Kier alpha value is -0.120. The molecule has 5 unspecified atom stereocenters. The van der Waals surface area contributed by atoms with Gasteiger partial charge < -0.3 is 14.6 Å². The number of aliphatic hydroxyl groups is 1. The molecule has 2 aliphatic carbocycles. The van der Waals surface area contributed by atoms with Crippen molar-refractivity contribution >= 4 is 0 Å². The number of rotatable bonds is 4. The van der Waals surface area contributed by atoms with Crippen molar-refractivity contribution in [1.82, 2.24) is 0 Å². The first-order valence-corrected chi connectivity index (χ1v) is 6.96. The molecule has 2 aliphatic rings. The molecule has 17 heavy (non-hydrogen) atoms. The predicted molar refractivity (Wildman–Crippen MR) is 66.9 cm³/mol. The lowest BCUT2D eigenvalue weighted by atomic mass is 9.63. The van der Waals surface area contributed by atoms with E-state index in [4.69, 9.17) is 9.47 Å². The fourth-order valence-corrected chi connectivity index (χ4v) is 3.14. The van der Waals surface area contributed by atoms with Crippen LogP contribution in [0, 0.1) is 5.41 Å². The second kappa shape index (κ2) is 5.25. The van der Waals surface area contributed by atoms with Gasteiger partial charge in [-0.3, -0.25) is 0 Å². The van der Waals surface area contributed by atoms with Crippen molar-refractivity contribution in [3.63, 3.8) is 0 Å². The lowest BCUT2D eigenvalue weighted by Crippen LogP contribution is -2.57. The van der Waals surface area contributed by atoms with Gasteiger partial charge in [-0.1, -0.05) is 13.8 Å². The average Bonchev–Trinajstić information content (AvgIpc) is 2.37. The van der Waals surface area contributed by atoms with Gasteiger partial charge in [0.15, 0.2) is 0 Å². The van der Waals surface area contributed by atoms with Crippen LogP contribution in [-0.2, 0) is 9.47 Å². The molecule has 100 valence electrons. The third-order valence-electron chi connectivity index (χ3n) is 4.96. The molecule has 0 aromatic carbocycles. The summed E-state index contributed by atoms with van der Waals surface area (Å²) < 4.78 is 11.6. The quantitative estimate of drug-likeness (QED) is 0.823. The van der Waals surface area contributed by atoms with Crippen molar-refractivity contribution in [3.05, 3.63) is 0 Å². The highest BCUT2D eigenvalue weighted by atomic mass is 16.5. The summed E-state index contributed by atoms with van der Waals surface area (Å²) in [6, 6.07) is 0. The van der Waals surface area contributed by atoms with E-state index >= 15 is 0 Å². The minimum absolute atomic E-state index is 0.0278. The minimum atomic E-state index is -0.181. The van der Waals surface area contributed by atoms with Gasteiger partial charge in [-0.15, -0.1) is 0 Å². The third kappa shape index (κ3) is 2.51. The van der Waals surface area contributed by atoms with E-state index in [0.717, 1.165) is 32.1 Å². The maximum atomic E-state index is 9.86. The second-order valence-corrected chi connectivity index (χ2v) is 5.88. The van der Waals surface area contributed by atoms with Crippen LogP contribution in [0.4, 0.5) is 0 Å². The van der Waals surface area contributed by atoms with Crippen molar-refractivity contribution < 1.29 is 14.6 Å². The zero-order chi connectivity index (χ0) is 12.5. The van der Waals surface area contributed by atoms with Gasteiger partial charge in [-0.05, 0) is 32.1 Å². The summed E-state index contributed by atoms with van der Waals surface area (Å²) in [5.41, 5.74) is -0.0278. The van der Waals surface area contributed by atoms with Gasteiger partial charge in [-0.25, -0.2) is 0 Å². The Morgan fingerprint density at radius 2 is 1.94 bits per heavy atom. The highest BCUT2D eigenvalue weighted by Gasteiger charge is 2.51. The topological polar surface area (TPSA) is 38.7 Å². The van der Waals surface area contributed by atoms with Crippen LogP contribution in [0.1, 0.15) is 52.4 Å². The molecule has 0 amide bonds. The summed E-state index contributed by atoms with van der Waals surface area (Å²) in [6.07, 6.45) is 7.06. The molecule has 0 aromatic heterocycles. The van der Waals surface area contributed by atoms with Gasteiger partial charge in [0.2, 0.25) is 0 Å². The lowest BCUT2D eigenvalue weighted by Gasteiger charge is -2.52. The van der Waals surface area contributed by atoms with Gasteiger partial charge >= 0.3 is 0 Å². The Labute approximate surface area is 104 Å². The van der Waals surface area contributed by atoms with Crippen LogP contribution in [0.5, 0.6) is 0 Å². The van der Waals surface area contributed by atoms with Crippen LogP contribution in [0.25, 0.3) is 0 Å². The number of hydrogen-bond donors (Lipinski definition) is 1. The summed E-state index contributed by atoms with van der Waals surface area (Å²) in [6.45, 7) is 4.28. The summed E-state index contributed by atoms with van der Waals surface area (Å²) in [5.74, 6) is 0. The molecule has 2 saturated carbocycles. The number of methoxy groups -OCH3 is 1. The van der Waals surface area contributed by atoms with Crippen molar-refractivity contribution in [3.8, 4) is 0 Å². The van der Waals surface area contributed by atoms with E-state index in [0.29, 0.717) is 12.2 Å². The number of aliphatic hydroxyl groups excluding tert-OH is 1. The summed E-state index contributed by atoms with van der Waals surface area (Å²) >= 11 is 0. The van der Waals surface area contributed by atoms with Crippen LogP contribution >= 0.6 is 0 Å². The van der Waals surface area contributed by atoms with E-state index in [1.165, 1.54) is 6.42 Å². The van der Waals surface area contributed by atoms with Gasteiger partial charge in [0.25, 0.3) is 0 Å². The summed E-state index contributed by atoms with van der Waals surface area (Å²) in [5, 5.41) is 9.86. The lowest BCUT2D eigenvalue weighted by molar-refractivity contribution is -0.212. The summed E-state index contributed by atoms with van der Waals surface area (Å²) in [4.78, 5) is 0. The first kappa shape index (κ1) is 13.3. The maximum absolute atomic E-state index is 9.86. The zero-order valence-electron chi connectivity index (χ0n) is 11.3. The Morgan fingerprint density at radius 1 is 1.24 bits per heavy atom. The smallest absolute Gasteiger partial charge is 0.0681 e. The molecule has 2 rings (SSSR count). The molecule has 0 saturated heterocycles. The summed E-state index contributed by atoms with van der Waals surface area (Å²) in [7, 11) is 1.79. The molecular formula is C14H26O3. The van der Waals surface area contributed by atoms with E-state index in [1.54, 1.807) is 7.11 Å². The van der Waals surface area contributed by atoms with E-state index in [9.17, 15) is 5.11 Å². The molecule has 3 heteroatoms. The molecule has 0 radical (unpaired) electrons. The second-order valence-electron chi connectivity index (χ2n) is 5.88. The van der Waals surface area contributed by atoms with E-state index in [1.807, 2.05) is 0 Å². The van der Waals surface area contributed by atoms with Crippen LogP contribution in [0.15, 0.2) is 0 Å². The van der Waals surface area contributed by atoms with E-state index < -0.39 is 0 Å². The van der Waals surface area contributed by atoms with Crippen molar-refractivity contribution in [2.24, 2.45) is 5.41 Å². The predicted octanol–water partition coefficient (Wildman–Crippen LogP) is 2.51. The molecule has 0 bridgehead atoms. The molecule has 5 atom stereocenters. The van der Waals surface area contributed by atoms with Gasteiger partial charge in [-0.2, -0.15) is 0 Å². The largest absolute Gasteiger partial charge is 0.392 e. The Bertz CT molecular complexity index is 256. The molecule has 0 aliphatic heterocycles. The zero-order valence-corrected chi connectivity index (χ0v) is 11.3. The highest BCUT2D eigenvalue weighted by molar-refractivity contribution is 5.01. The molecule has 0 heterocycles. The average molecular weight is 242 g/mol. The van der Waals surface area contributed by atoms with E-state index in [2.05, 4.69) is 13.8 Å². The van der Waals surface area contributed by atoms with Crippen molar-refractivity contribution in [1.29, 1.82) is 0 Å². The van der Waals surface area contributed by atoms with Gasteiger partial charge in [0, 0.05) is 18.9 Å². The third-order valence-corrected chi connectivity index (χ3v) is 4.96. The molecule has 2 fully saturated rings. The first-order chi connectivity index (χ1) is 8.10. The standard InChI is InChI=1S/C14H26O3/c1-4-14(2)12(15)9-13(14)17-11-7-5-6-10(8-11)16-3/h10-13,15H,4-9H2,1-3H3. The highest BCUT2D eigenvalue weighted by Crippen LogP contribution is 2.47. The van der Waals surface area contributed by atoms with Crippen molar-refractivity contribution in [2.45, 2.75) is 76.8 Å². The molecule has 0 aromatic rings. The fourth-order valence-electron chi connectivity index (χ4n) is 3.14. The Balaban J connectivity index is 1.85. The normalized spacial score (nSPS) is 46.6. The van der Waals surface area contributed by atoms with Gasteiger partial charge in [0.1, 0.15) is 0 Å². The molecule has 0 spiro atoms. The molecule has 3 nitrogen and oxygen atoms in total. The van der Waals surface area contributed by atoms with Crippen LogP contribution in [0.3, 0.4) is 0 Å². The van der Waals surface area contributed by atoms with Crippen LogP contribution in [-0.4, -0.2) is 36.6 Å². The minimum Gasteiger partial charge on any atom is -0.392 e. The Morgan fingerprint density at radius 3 is 2.53 bits per heavy atom. The first-order valence-electron chi connectivity index (χ1n) is 6.96. The molecule has 1 N–H and O–H groups in total. The maximum Gasteiger partial charge on any atom is 0.0681 e. The van der Waals surface area contributed by atoms with Crippen molar-refractivity contribution in [2.75, 3.05) is 7.11 Å². The molecular weight excluding hydrogens is 216 g/mol. The number of hydrogen-bond acceptors (Lipinski definition) is 3.